The number of rotatable bonds is 3. The standard InChI is InChI=1S/C19H36O6Si/c1-11(25-26(9,10)17(2,3)4)12-13-14(22-18(5,6)21-12)15-16(20-13)24-19(7,8)23-15/h11-16H,1-10H3/t11-,12+,13+,14-,15+,16+/m0/s1. The number of hydrogen-bond donors (Lipinski definition) is 0. The first-order valence-corrected chi connectivity index (χ1v) is 12.6. The first-order valence-electron chi connectivity index (χ1n) is 9.66. The highest BCUT2D eigenvalue weighted by Crippen LogP contribution is 2.46. The van der Waals surface area contributed by atoms with Gasteiger partial charge in [0.1, 0.15) is 24.4 Å². The van der Waals surface area contributed by atoms with Crippen molar-refractivity contribution < 1.29 is 28.1 Å². The van der Waals surface area contributed by atoms with E-state index in [-0.39, 0.29) is 35.6 Å². The summed E-state index contributed by atoms with van der Waals surface area (Å²) in [5, 5.41) is 0.130. The molecule has 6 nitrogen and oxygen atoms in total. The van der Waals surface area contributed by atoms with Crippen molar-refractivity contribution in [3.63, 3.8) is 0 Å². The van der Waals surface area contributed by atoms with Crippen molar-refractivity contribution in [2.24, 2.45) is 0 Å². The molecule has 0 unspecified atom stereocenters. The molecule has 0 bridgehead atoms. The SMILES string of the molecule is C[C@H](O[Si](C)(C)C(C)(C)C)[C@H]1OC(C)(C)O[C@H]2[C@@H]1O[C@@H]1OC(C)(C)O[C@@H]12. The Morgan fingerprint density at radius 1 is 0.846 bits per heavy atom. The van der Waals surface area contributed by atoms with E-state index >= 15 is 0 Å². The van der Waals surface area contributed by atoms with Crippen LogP contribution in [0.2, 0.25) is 18.1 Å². The second kappa shape index (κ2) is 6.24. The van der Waals surface area contributed by atoms with Crippen LogP contribution >= 0.6 is 0 Å². The highest BCUT2D eigenvalue weighted by molar-refractivity contribution is 6.74. The molecule has 3 rings (SSSR count). The van der Waals surface area contributed by atoms with Crippen LogP contribution in [0.25, 0.3) is 0 Å². The zero-order valence-electron chi connectivity index (χ0n) is 17.9. The van der Waals surface area contributed by atoms with E-state index in [4.69, 9.17) is 28.1 Å². The fourth-order valence-electron chi connectivity index (χ4n) is 3.72. The van der Waals surface area contributed by atoms with Crippen LogP contribution in [0.4, 0.5) is 0 Å². The lowest BCUT2D eigenvalue weighted by atomic mass is 9.99. The molecule has 3 fully saturated rings. The van der Waals surface area contributed by atoms with Crippen LogP contribution < -0.4 is 0 Å². The summed E-state index contributed by atoms with van der Waals surface area (Å²) in [6.07, 6.45) is -1.53. The Hall–Kier alpha value is -0.0231. The topological polar surface area (TPSA) is 55.4 Å². The molecule has 3 aliphatic rings. The van der Waals surface area contributed by atoms with Crippen molar-refractivity contribution in [2.45, 2.75) is 122 Å². The van der Waals surface area contributed by atoms with E-state index in [1.165, 1.54) is 0 Å². The van der Waals surface area contributed by atoms with Gasteiger partial charge in [-0.15, -0.1) is 0 Å². The van der Waals surface area contributed by atoms with Gasteiger partial charge in [0.15, 0.2) is 26.2 Å². The predicted octanol–water partition coefficient (Wildman–Crippen LogP) is 3.79. The first kappa shape index (κ1) is 20.7. The lowest BCUT2D eigenvalue weighted by Crippen LogP contribution is -2.60. The molecule has 3 heterocycles. The van der Waals surface area contributed by atoms with E-state index < -0.39 is 26.2 Å². The zero-order valence-corrected chi connectivity index (χ0v) is 18.9. The van der Waals surface area contributed by atoms with Crippen molar-refractivity contribution in [2.75, 3.05) is 0 Å². The largest absolute Gasteiger partial charge is 0.411 e. The van der Waals surface area contributed by atoms with E-state index in [0.717, 1.165) is 0 Å². The molecule has 0 N–H and O–H groups in total. The molecule has 6 atom stereocenters. The molecule has 152 valence electrons. The van der Waals surface area contributed by atoms with Crippen molar-refractivity contribution >= 4 is 8.32 Å². The number of ether oxygens (including phenoxy) is 5. The second-order valence-corrected chi connectivity index (χ2v) is 15.0. The zero-order chi connectivity index (χ0) is 19.7. The molecule has 3 aliphatic heterocycles. The Kier molecular flexibility index (Phi) is 4.97. The molecule has 0 radical (unpaired) electrons. The molecule has 26 heavy (non-hydrogen) atoms. The number of fused-ring (bicyclic) bond motifs is 3. The molecule has 3 saturated heterocycles. The third-order valence-corrected chi connectivity index (χ3v) is 10.5. The van der Waals surface area contributed by atoms with E-state index in [2.05, 4.69) is 40.8 Å². The van der Waals surface area contributed by atoms with Gasteiger partial charge in [0.05, 0.1) is 6.10 Å². The summed E-state index contributed by atoms with van der Waals surface area (Å²) in [7, 11) is -1.93. The van der Waals surface area contributed by atoms with E-state index in [0.29, 0.717) is 0 Å². The molecular weight excluding hydrogens is 352 g/mol. The van der Waals surface area contributed by atoms with Gasteiger partial charge in [-0.25, -0.2) is 0 Å². The summed E-state index contributed by atoms with van der Waals surface area (Å²) >= 11 is 0. The van der Waals surface area contributed by atoms with Gasteiger partial charge >= 0.3 is 0 Å². The summed E-state index contributed by atoms with van der Waals surface area (Å²) in [6, 6.07) is 0. The minimum atomic E-state index is -1.93. The summed E-state index contributed by atoms with van der Waals surface area (Å²) in [5.74, 6) is -1.39. The molecule has 0 saturated carbocycles. The molecule has 7 heteroatoms. The lowest BCUT2D eigenvalue weighted by molar-refractivity contribution is -0.352. The minimum absolute atomic E-state index is 0.113. The Balaban J connectivity index is 1.80. The van der Waals surface area contributed by atoms with E-state index in [9.17, 15) is 0 Å². The van der Waals surface area contributed by atoms with Crippen LogP contribution in [0.3, 0.4) is 0 Å². The van der Waals surface area contributed by atoms with Crippen molar-refractivity contribution in [1.29, 1.82) is 0 Å². The average Bonchev–Trinajstić information content (AvgIpc) is 2.88. The highest BCUT2D eigenvalue weighted by atomic mass is 28.4. The maximum Gasteiger partial charge on any atom is 0.192 e. The second-order valence-electron chi connectivity index (χ2n) is 10.2. The van der Waals surface area contributed by atoms with Gasteiger partial charge < -0.3 is 28.1 Å². The van der Waals surface area contributed by atoms with E-state index in [1.807, 2.05) is 27.7 Å². The van der Waals surface area contributed by atoms with Gasteiger partial charge in [-0.3, -0.25) is 0 Å². The van der Waals surface area contributed by atoms with Gasteiger partial charge in [0, 0.05) is 0 Å². The van der Waals surface area contributed by atoms with Crippen molar-refractivity contribution in [3.8, 4) is 0 Å². The van der Waals surface area contributed by atoms with Crippen LogP contribution in [0.1, 0.15) is 55.4 Å². The quantitative estimate of drug-likeness (QED) is 0.686. The maximum absolute atomic E-state index is 6.60. The fourth-order valence-corrected chi connectivity index (χ4v) is 5.14. The van der Waals surface area contributed by atoms with Gasteiger partial charge in [-0.2, -0.15) is 0 Å². The van der Waals surface area contributed by atoms with Crippen LogP contribution in [0, 0.1) is 0 Å². The fraction of sp³-hybridized carbons (Fsp3) is 1.00. The molecule has 0 spiro atoms. The molecule has 0 aromatic rings. The molecule has 0 aromatic heterocycles. The third kappa shape index (κ3) is 3.77. The van der Waals surface area contributed by atoms with Crippen LogP contribution in [-0.4, -0.2) is 56.7 Å². The summed E-state index contributed by atoms with van der Waals surface area (Å²) in [4.78, 5) is 0. The average molecular weight is 389 g/mol. The Morgan fingerprint density at radius 3 is 1.96 bits per heavy atom. The highest BCUT2D eigenvalue weighted by Gasteiger charge is 2.62. The van der Waals surface area contributed by atoms with Gasteiger partial charge in [0.25, 0.3) is 0 Å². The number of hydrogen-bond acceptors (Lipinski definition) is 6. The Morgan fingerprint density at radius 2 is 1.38 bits per heavy atom. The first-order chi connectivity index (χ1) is 11.6. The lowest BCUT2D eigenvalue weighted by Gasteiger charge is -2.47. The molecular formula is C19H36O6Si. The van der Waals surface area contributed by atoms with E-state index in [1.54, 1.807) is 0 Å². The summed E-state index contributed by atoms with van der Waals surface area (Å²) in [6.45, 7) is 21.0. The molecule has 0 aliphatic carbocycles. The monoisotopic (exact) mass is 388 g/mol. The Bertz CT molecular complexity index is 541. The van der Waals surface area contributed by atoms with Crippen LogP contribution in [0.15, 0.2) is 0 Å². The molecule has 0 aromatic carbocycles. The molecule has 0 amide bonds. The summed E-state index contributed by atoms with van der Waals surface area (Å²) in [5.41, 5.74) is 0. The van der Waals surface area contributed by atoms with Crippen LogP contribution in [-0.2, 0) is 28.1 Å². The normalized spacial score (nSPS) is 40.2. The minimum Gasteiger partial charge on any atom is -0.411 e. The van der Waals surface area contributed by atoms with Crippen molar-refractivity contribution in [1.82, 2.24) is 0 Å². The van der Waals surface area contributed by atoms with Gasteiger partial charge in [0.2, 0.25) is 0 Å². The van der Waals surface area contributed by atoms with Crippen molar-refractivity contribution in [3.05, 3.63) is 0 Å². The Labute approximate surface area is 158 Å². The smallest absolute Gasteiger partial charge is 0.192 e. The maximum atomic E-state index is 6.60. The van der Waals surface area contributed by atoms with Gasteiger partial charge in [-0.05, 0) is 52.8 Å². The predicted molar refractivity (Wildman–Crippen MR) is 100 cm³/mol. The van der Waals surface area contributed by atoms with Crippen LogP contribution in [0.5, 0.6) is 0 Å². The van der Waals surface area contributed by atoms with Gasteiger partial charge in [-0.1, -0.05) is 20.8 Å². The third-order valence-electron chi connectivity index (χ3n) is 5.94. The summed E-state index contributed by atoms with van der Waals surface area (Å²) < 4.78 is 37.2.